The molecule has 2 fully saturated rings. The van der Waals surface area contributed by atoms with Crippen LogP contribution in [-0.2, 0) is 12.7 Å². The molecule has 2 nitrogen and oxygen atoms in total. The van der Waals surface area contributed by atoms with Gasteiger partial charge in [-0.3, -0.25) is 4.90 Å². The van der Waals surface area contributed by atoms with Crippen molar-refractivity contribution in [2.75, 3.05) is 26.2 Å². The Morgan fingerprint density at radius 3 is 2.27 bits per heavy atom. The molecular weight excluding hydrogens is 289 g/mol. The van der Waals surface area contributed by atoms with E-state index >= 15 is 0 Å². The molecule has 2 heterocycles. The predicted octanol–water partition coefficient (Wildman–Crippen LogP) is 3.77. The summed E-state index contributed by atoms with van der Waals surface area (Å²) in [5.74, 6) is 0. The summed E-state index contributed by atoms with van der Waals surface area (Å²) in [6, 6.07) is 6.18. The summed E-state index contributed by atoms with van der Waals surface area (Å²) in [5.41, 5.74) is 0.410. The van der Waals surface area contributed by atoms with Crippen LogP contribution in [0.4, 0.5) is 13.2 Å². The highest BCUT2D eigenvalue weighted by Crippen LogP contribution is 2.29. The third kappa shape index (κ3) is 3.82. The molecule has 0 aromatic heterocycles. The minimum Gasteiger partial charge on any atom is -0.302 e. The van der Waals surface area contributed by atoms with Crippen molar-refractivity contribution in [2.45, 2.75) is 44.4 Å². The Balaban J connectivity index is 1.59. The Morgan fingerprint density at radius 2 is 1.64 bits per heavy atom. The standard InChI is InChI=1S/C17H23F3N2/c18-17(19,20)15-7-5-14(6-8-15)12-22-11-3-4-16(22)13-21-9-1-2-10-21/h5-8,16H,1-4,9-13H2. The molecule has 0 amide bonds. The highest BCUT2D eigenvalue weighted by molar-refractivity contribution is 5.24. The molecule has 0 bridgehead atoms. The molecule has 0 spiro atoms. The van der Waals surface area contributed by atoms with Crippen LogP contribution in [0.3, 0.4) is 0 Å². The quantitative estimate of drug-likeness (QED) is 0.835. The van der Waals surface area contributed by atoms with E-state index in [4.69, 9.17) is 0 Å². The zero-order chi connectivity index (χ0) is 15.6. The average Bonchev–Trinajstić information content (AvgIpc) is 3.12. The first-order valence-corrected chi connectivity index (χ1v) is 8.15. The van der Waals surface area contributed by atoms with Crippen molar-refractivity contribution >= 4 is 0 Å². The van der Waals surface area contributed by atoms with Gasteiger partial charge in [-0.1, -0.05) is 12.1 Å². The lowest BCUT2D eigenvalue weighted by atomic mass is 10.1. The summed E-state index contributed by atoms with van der Waals surface area (Å²) < 4.78 is 37.8. The summed E-state index contributed by atoms with van der Waals surface area (Å²) in [7, 11) is 0. The largest absolute Gasteiger partial charge is 0.416 e. The summed E-state index contributed by atoms with van der Waals surface area (Å²) in [5, 5.41) is 0. The van der Waals surface area contributed by atoms with Gasteiger partial charge in [0.1, 0.15) is 0 Å². The fourth-order valence-electron chi connectivity index (χ4n) is 3.61. The Hall–Kier alpha value is -1.07. The minimum atomic E-state index is -4.25. The van der Waals surface area contributed by atoms with Gasteiger partial charge in [0.05, 0.1) is 5.56 Å². The third-order valence-corrected chi connectivity index (χ3v) is 4.83. The van der Waals surface area contributed by atoms with E-state index < -0.39 is 11.7 Å². The van der Waals surface area contributed by atoms with Crippen LogP contribution in [0, 0.1) is 0 Å². The highest BCUT2D eigenvalue weighted by atomic mass is 19.4. The molecule has 122 valence electrons. The number of benzene rings is 1. The van der Waals surface area contributed by atoms with Crippen molar-refractivity contribution in [1.82, 2.24) is 9.80 Å². The van der Waals surface area contributed by atoms with Crippen molar-refractivity contribution in [1.29, 1.82) is 0 Å². The summed E-state index contributed by atoms with van der Waals surface area (Å²) in [6.07, 6.45) is 0.748. The normalized spacial score (nSPS) is 24.2. The molecule has 1 aromatic rings. The molecule has 22 heavy (non-hydrogen) atoms. The maximum Gasteiger partial charge on any atom is 0.416 e. The number of alkyl halides is 3. The number of likely N-dealkylation sites (tertiary alicyclic amines) is 2. The highest BCUT2D eigenvalue weighted by Gasteiger charge is 2.30. The van der Waals surface area contributed by atoms with E-state index in [1.807, 2.05) is 0 Å². The van der Waals surface area contributed by atoms with Crippen molar-refractivity contribution < 1.29 is 13.2 Å². The van der Waals surface area contributed by atoms with Crippen molar-refractivity contribution in [3.8, 4) is 0 Å². The minimum absolute atomic E-state index is 0.556. The van der Waals surface area contributed by atoms with Gasteiger partial charge in [-0.05, 0) is 63.0 Å². The second-order valence-corrected chi connectivity index (χ2v) is 6.47. The van der Waals surface area contributed by atoms with Gasteiger partial charge in [-0.2, -0.15) is 13.2 Å². The summed E-state index contributed by atoms with van der Waals surface area (Å²) >= 11 is 0. The maximum atomic E-state index is 12.6. The van der Waals surface area contributed by atoms with Crippen molar-refractivity contribution in [3.05, 3.63) is 35.4 Å². The first kappa shape index (κ1) is 15.8. The molecule has 0 saturated carbocycles. The van der Waals surface area contributed by atoms with Gasteiger partial charge in [0.2, 0.25) is 0 Å². The lowest BCUT2D eigenvalue weighted by Crippen LogP contribution is -2.38. The van der Waals surface area contributed by atoms with Gasteiger partial charge in [-0.15, -0.1) is 0 Å². The van der Waals surface area contributed by atoms with E-state index in [0.29, 0.717) is 6.04 Å². The molecule has 2 saturated heterocycles. The van der Waals surface area contributed by atoms with Crippen LogP contribution in [0.5, 0.6) is 0 Å². The van der Waals surface area contributed by atoms with Crippen LogP contribution in [0.2, 0.25) is 0 Å². The van der Waals surface area contributed by atoms with Gasteiger partial charge in [0.25, 0.3) is 0 Å². The average molecular weight is 312 g/mol. The molecule has 1 aromatic carbocycles. The van der Waals surface area contributed by atoms with E-state index in [2.05, 4.69) is 9.80 Å². The number of nitrogens with zero attached hydrogens (tertiary/aromatic N) is 2. The van der Waals surface area contributed by atoms with Gasteiger partial charge in [0.15, 0.2) is 0 Å². The monoisotopic (exact) mass is 312 g/mol. The smallest absolute Gasteiger partial charge is 0.302 e. The summed E-state index contributed by atoms with van der Waals surface area (Å²) in [4.78, 5) is 4.96. The molecule has 0 N–H and O–H groups in total. The van der Waals surface area contributed by atoms with Crippen molar-refractivity contribution in [3.63, 3.8) is 0 Å². The van der Waals surface area contributed by atoms with Crippen LogP contribution in [-0.4, -0.2) is 42.0 Å². The zero-order valence-corrected chi connectivity index (χ0v) is 12.8. The van der Waals surface area contributed by atoms with Crippen LogP contribution in [0.1, 0.15) is 36.8 Å². The Morgan fingerprint density at radius 1 is 0.955 bits per heavy atom. The lowest BCUT2D eigenvalue weighted by Gasteiger charge is -2.28. The number of hydrogen-bond acceptors (Lipinski definition) is 2. The lowest BCUT2D eigenvalue weighted by molar-refractivity contribution is -0.137. The van der Waals surface area contributed by atoms with E-state index in [9.17, 15) is 13.2 Å². The fourth-order valence-corrected chi connectivity index (χ4v) is 3.61. The van der Waals surface area contributed by atoms with Crippen molar-refractivity contribution in [2.24, 2.45) is 0 Å². The molecule has 0 aliphatic carbocycles. The zero-order valence-electron chi connectivity index (χ0n) is 12.8. The second-order valence-electron chi connectivity index (χ2n) is 6.47. The number of halogens is 3. The van der Waals surface area contributed by atoms with Crippen LogP contribution in [0.25, 0.3) is 0 Å². The third-order valence-electron chi connectivity index (χ3n) is 4.83. The molecule has 1 unspecified atom stereocenters. The Labute approximate surface area is 129 Å². The Bertz CT molecular complexity index is 478. The van der Waals surface area contributed by atoms with E-state index in [0.717, 1.165) is 25.2 Å². The molecular formula is C17H23F3N2. The molecule has 2 aliphatic rings. The molecule has 5 heteroatoms. The first-order chi connectivity index (χ1) is 10.5. The van der Waals surface area contributed by atoms with Crippen LogP contribution in [0.15, 0.2) is 24.3 Å². The first-order valence-electron chi connectivity index (χ1n) is 8.15. The van der Waals surface area contributed by atoms with Gasteiger partial charge in [0, 0.05) is 19.1 Å². The number of hydrogen-bond donors (Lipinski definition) is 0. The van der Waals surface area contributed by atoms with Gasteiger partial charge < -0.3 is 4.90 Å². The predicted molar refractivity (Wildman–Crippen MR) is 80.6 cm³/mol. The van der Waals surface area contributed by atoms with E-state index in [1.54, 1.807) is 12.1 Å². The topological polar surface area (TPSA) is 6.48 Å². The van der Waals surface area contributed by atoms with E-state index in [-0.39, 0.29) is 0 Å². The maximum absolute atomic E-state index is 12.6. The molecule has 0 radical (unpaired) electrons. The van der Waals surface area contributed by atoms with Crippen LogP contribution >= 0.6 is 0 Å². The van der Waals surface area contributed by atoms with Crippen LogP contribution < -0.4 is 0 Å². The Kier molecular flexibility index (Phi) is 4.73. The summed E-state index contributed by atoms with van der Waals surface area (Å²) in [6.45, 7) is 5.33. The SMILES string of the molecule is FC(F)(F)c1ccc(CN2CCCC2CN2CCCC2)cc1. The van der Waals surface area contributed by atoms with E-state index in [1.165, 1.54) is 50.9 Å². The fraction of sp³-hybridized carbons (Fsp3) is 0.647. The van der Waals surface area contributed by atoms with Gasteiger partial charge >= 0.3 is 6.18 Å². The van der Waals surface area contributed by atoms with Gasteiger partial charge in [-0.25, -0.2) is 0 Å². The molecule has 2 aliphatic heterocycles. The second kappa shape index (κ2) is 6.59. The number of rotatable bonds is 4. The molecule has 3 rings (SSSR count). The molecule has 1 atom stereocenters.